The summed E-state index contributed by atoms with van der Waals surface area (Å²) in [4.78, 5) is 0. The fraction of sp³-hybridized carbons (Fsp3) is 0.429. The molecule has 1 rings (SSSR count). The number of hydrogen-bond acceptors (Lipinski definition) is 1. The largest absolute Gasteiger partial charge is 0.549 e. The lowest BCUT2D eigenvalue weighted by atomic mass is 10.2. The second-order valence-corrected chi connectivity index (χ2v) is 8.95. The van der Waals surface area contributed by atoms with Crippen molar-refractivity contribution in [3.8, 4) is 0 Å². The van der Waals surface area contributed by atoms with Gasteiger partial charge in [-0.2, -0.15) is 0 Å². The minimum absolute atomic E-state index is 1.20. The van der Waals surface area contributed by atoms with Crippen LogP contribution in [0.4, 0.5) is 0 Å². The van der Waals surface area contributed by atoms with Crippen LogP contribution >= 0.6 is 0 Å². The Balaban J connectivity index is 2.41. The van der Waals surface area contributed by atoms with Gasteiger partial charge in [0.2, 0.25) is 8.32 Å². The first-order valence-electron chi connectivity index (χ1n) is 6.03. The molecule has 0 aliphatic heterocycles. The monoisotopic (exact) mass is 234 g/mol. The van der Waals surface area contributed by atoms with Gasteiger partial charge < -0.3 is 4.43 Å². The van der Waals surface area contributed by atoms with Crippen molar-refractivity contribution in [2.75, 3.05) is 0 Å². The summed E-state index contributed by atoms with van der Waals surface area (Å²) < 4.78 is 5.89. The number of benzene rings is 1. The molecule has 0 aliphatic rings. The normalized spacial score (nSPS) is 11.9. The molecular formula is C14H22OSi. The quantitative estimate of drug-likeness (QED) is 0.513. The first-order chi connectivity index (χ1) is 7.64. The Hall–Kier alpha value is -1.02. The van der Waals surface area contributed by atoms with E-state index in [0.717, 1.165) is 0 Å². The summed E-state index contributed by atoms with van der Waals surface area (Å²) in [6.07, 6.45) is 6.44. The second kappa shape index (κ2) is 6.54. The first-order valence-corrected chi connectivity index (χ1v) is 9.15. The van der Waals surface area contributed by atoms with Crippen molar-refractivity contribution in [2.24, 2.45) is 0 Å². The summed E-state index contributed by atoms with van der Waals surface area (Å²) in [5.74, 6) is 0. The van der Waals surface area contributed by atoms with Gasteiger partial charge in [0.25, 0.3) is 0 Å². The van der Waals surface area contributed by atoms with Crippen LogP contribution in [0.25, 0.3) is 6.08 Å². The number of hydrogen-bond donors (Lipinski definition) is 0. The average molecular weight is 234 g/mol. The summed E-state index contributed by atoms with van der Waals surface area (Å²) in [7, 11) is -1.46. The fourth-order valence-electron chi connectivity index (χ4n) is 1.52. The van der Waals surface area contributed by atoms with E-state index in [9.17, 15) is 0 Å². The summed E-state index contributed by atoms with van der Waals surface area (Å²) in [5.41, 5.74) is 1.20. The van der Waals surface area contributed by atoms with Crippen LogP contribution in [0, 0.1) is 0 Å². The Bertz CT molecular complexity index is 317. The van der Waals surface area contributed by atoms with Crippen molar-refractivity contribution < 1.29 is 4.43 Å². The van der Waals surface area contributed by atoms with Gasteiger partial charge in [-0.15, -0.1) is 0 Å². The van der Waals surface area contributed by atoms with Crippen molar-refractivity contribution in [1.29, 1.82) is 0 Å². The van der Waals surface area contributed by atoms with Crippen molar-refractivity contribution in [3.05, 3.63) is 42.2 Å². The first kappa shape index (κ1) is 13.0. The van der Waals surface area contributed by atoms with Crippen molar-refractivity contribution >= 4 is 14.4 Å². The Morgan fingerprint density at radius 2 is 1.88 bits per heavy atom. The SMILES string of the molecule is CCCC[Si](C)(C)OC=Cc1ccccc1. The van der Waals surface area contributed by atoms with E-state index in [1.165, 1.54) is 24.4 Å². The zero-order chi connectivity index (χ0) is 11.9. The standard InChI is InChI=1S/C14H22OSi/c1-4-5-13-16(2,3)15-12-11-14-9-7-6-8-10-14/h6-12H,4-5,13H2,1-3H3. The highest BCUT2D eigenvalue weighted by Crippen LogP contribution is 2.16. The van der Waals surface area contributed by atoms with Crippen molar-refractivity contribution in [1.82, 2.24) is 0 Å². The zero-order valence-electron chi connectivity index (χ0n) is 10.6. The molecule has 0 amide bonds. The lowest BCUT2D eigenvalue weighted by molar-refractivity contribution is 0.471. The maximum Gasteiger partial charge on any atom is 0.244 e. The molecule has 0 atom stereocenters. The molecule has 2 heteroatoms. The van der Waals surface area contributed by atoms with Gasteiger partial charge in [-0.3, -0.25) is 0 Å². The van der Waals surface area contributed by atoms with Crippen LogP contribution in [0.15, 0.2) is 36.6 Å². The van der Waals surface area contributed by atoms with E-state index >= 15 is 0 Å². The van der Waals surface area contributed by atoms with Crippen molar-refractivity contribution in [2.45, 2.75) is 38.9 Å². The molecule has 1 nitrogen and oxygen atoms in total. The van der Waals surface area contributed by atoms with Crippen LogP contribution in [0.2, 0.25) is 19.1 Å². The highest BCUT2D eigenvalue weighted by molar-refractivity contribution is 6.71. The predicted octanol–water partition coefficient (Wildman–Crippen LogP) is 4.68. The van der Waals surface area contributed by atoms with Gasteiger partial charge >= 0.3 is 0 Å². The third kappa shape index (κ3) is 5.17. The smallest absolute Gasteiger partial charge is 0.244 e. The molecule has 0 heterocycles. The van der Waals surface area contributed by atoms with Gasteiger partial charge in [0, 0.05) is 0 Å². The van der Waals surface area contributed by atoms with Crippen LogP contribution in [0.3, 0.4) is 0 Å². The maximum absolute atomic E-state index is 5.89. The highest BCUT2D eigenvalue weighted by atomic mass is 28.4. The van der Waals surface area contributed by atoms with Gasteiger partial charge in [-0.25, -0.2) is 0 Å². The summed E-state index contributed by atoms with van der Waals surface area (Å²) >= 11 is 0. The molecule has 0 saturated carbocycles. The minimum atomic E-state index is -1.46. The molecular weight excluding hydrogens is 212 g/mol. The maximum atomic E-state index is 5.89. The Kier molecular flexibility index (Phi) is 5.33. The summed E-state index contributed by atoms with van der Waals surface area (Å²) in [5, 5.41) is 0. The predicted molar refractivity (Wildman–Crippen MR) is 73.8 cm³/mol. The van der Waals surface area contributed by atoms with Crippen molar-refractivity contribution in [3.63, 3.8) is 0 Å². The van der Waals surface area contributed by atoms with E-state index in [2.05, 4.69) is 32.2 Å². The fourth-order valence-corrected chi connectivity index (χ4v) is 3.28. The molecule has 0 saturated heterocycles. The molecule has 1 aromatic carbocycles. The van der Waals surface area contributed by atoms with Crippen LogP contribution in [0.1, 0.15) is 25.3 Å². The molecule has 0 bridgehead atoms. The Morgan fingerprint density at radius 1 is 1.19 bits per heavy atom. The average Bonchev–Trinajstić information content (AvgIpc) is 2.28. The number of rotatable bonds is 6. The highest BCUT2D eigenvalue weighted by Gasteiger charge is 2.21. The van der Waals surface area contributed by atoms with E-state index < -0.39 is 8.32 Å². The molecule has 1 aromatic rings. The minimum Gasteiger partial charge on any atom is -0.549 e. The Morgan fingerprint density at radius 3 is 2.50 bits per heavy atom. The van der Waals surface area contributed by atoms with Gasteiger partial charge in [-0.05, 0) is 30.8 Å². The van der Waals surface area contributed by atoms with E-state index in [1.807, 2.05) is 30.5 Å². The molecule has 88 valence electrons. The topological polar surface area (TPSA) is 9.23 Å². The number of unbranched alkanes of at least 4 members (excludes halogenated alkanes) is 1. The molecule has 0 N–H and O–H groups in total. The molecule has 0 aliphatic carbocycles. The summed E-state index contributed by atoms with van der Waals surface area (Å²) in [6, 6.07) is 11.5. The van der Waals surface area contributed by atoms with Crippen LogP contribution in [0.5, 0.6) is 0 Å². The molecule has 0 radical (unpaired) electrons. The summed E-state index contributed by atoms with van der Waals surface area (Å²) in [6.45, 7) is 6.78. The third-order valence-corrected chi connectivity index (χ3v) is 4.91. The van der Waals surface area contributed by atoms with Gasteiger partial charge in [-0.1, -0.05) is 50.1 Å². The van der Waals surface area contributed by atoms with Gasteiger partial charge in [0.05, 0.1) is 6.26 Å². The Labute approximate surface area is 100 Å². The third-order valence-electron chi connectivity index (χ3n) is 2.58. The van der Waals surface area contributed by atoms with Crippen LogP contribution in [-0.2, 0) is 4.43 Å². The lowest BCUT2D eigenvalue weighted by Gasteiger charge is -2.20. The van der Waals surface area contributed by atoms with E-state index in [0.29, 0.717) is 0 Å². The molecule has 16 heavy (non-hydrogen) atoms. The van der Waals surface area contributed by atoms with E-state index in [-0.39, 0.29) is 0 Å². The van der Waals surface area contributed by atoms with Gasteiger partial charge in [0.1, 0.15) is 0 Å². The van der Waals surface area contributed by atoms with Gasteiger partial charge in [0.15, 0.2) is 0 Å². The lowest BCUT2D eigenvalue weighted by Crippen LogP contribution is -2.27. The molecule has 0 unspecified atom stereocenters. The van der Waals surface area contributed by atoms with Crippen LogP contribution < -0.4 is 0 Å². The van der Waals surface area contributed by atoms with E-state index in [1.54, 1.807) is 0 Å². The van der Waals surface area contributed by atoms with Crippen LogP contribution in [-0.4, -0.2) is 8.32 Å². The zero-order valence-corrected chi connectivity index (χ0v) is 11.6. The molecule has 0 spiro atoms. The molecule has 0 aromatic heterocycles. The van der Waals surface area contributed by atoms with E-state index in [4.69, 9.17) is 4.43 Å². The molecule has 0 fully saturated rings. The second-order valence-electron chi connectivity index (χ2n) is 4.69.